The summed E-state index contributed by atoms with van der Waals surface area (Å²) in [5, 5.41) is 23.6. The number of aliphatic hydroxyl groups is 2. The first-order valence-electron chi connectivity index (χ1n) is 8.86. The van der Waals surface area contributed by atoms with Gasteiger partial charge < -0.3 is 20.1 Å². The summed E-state index contributed by atoms with van der Waals surface area (Å²) in [6, 6.07) is 6.46. The van der Waals surface area contributed by atoms with Crippen molar-refractivity contribution in [2.45, 2.75) is 70.6 Å². The average Bonchev–Trinajstić information content (AvgIpc) is 2.72. The van der Waals surface area contributed by atoms with E-state index in [1.807, 2.05) is 26.0 Å². The number of nitrogens with one attached hydrogen (secondary N) is 1. The molecule has 3 rings (SSSR count). The Bertz CT molecular complexity index is 719. The highest BCUT2D eigenvalue weighted by molar-refractivity contribution is 5.80. The van der Waals surface area contributed by atoms with E-state index in [9.17, 15) is 10.2 Å². The summed E-state index contributed by atoms with van der Waals surface area (Å²) in [5.41, 5.74) is 1.37. The number of hydrogen-bond donors (Lipinski definition) is 3. The molecule has 132 valence electrons. The average molecular weight is 331 g/mol. The van der Waals surface area contributed by atoms with Gasteiger partial charge in [-0.05, 0) is 71.1 Å². The molecule has 2 aromatic rings. The van der Waals surface area contributed by atoms with E-state index >= 15 is 0 Å². The van der Waals surface area contributed by atoms with E-state index in [1.165, 1.54) is 19.3 Å². The van der Waals surface area contributed by atoms with Gasteiger partial charge in [0.2, 0.25) is 5.95 Å². The van der Waals surface area contributed by atoms with Crippen LogP contribution >= 0.6 is 0 Å². The minimum absolute atomic E-state index is 0.469. The Morgan fingerprint density at radius 2 is 1.92 bits per heavy atom. The fourth-order valence-electron chi connectivity index (χ4n) is 3.09. The van der Waals surface area contributed by atoms with Gasteiger partial charge >= 0.3 is 0 Å². The zero-order chi connectivity index (χ0) is 17.5. The van der Waals surface area contributed by atoms with Crippen LogP contribution in [-0.2, 0) is 5.60 Å². The fourth-order valence-corrected chi connectivity index (χ4v) is 3.09. The molecule has 1 aromatic carbocycles. The van der Waals surface area contributed by atoms with Crippen molar-refractivity contribution < 1.29 is 10.2 Å². The molecule has 0 radical (unpaired) electrons. The van der Waals surface area contributed by atoms with E-state index in [-0.39, 0.29) is 0 Å². The third-order valence-electron chi connectivity index (χ3n) is 4.86. The Kier molecular flexibility index (Phi) is 4.34. The second-order valence-electron chi connectivity index (χ2n) is 8.14. The number of anilines is 1. The first kappa shape index (κ1) is 17.2. The highest BCUT2D eigenvalue weighted by Gasteiger charge is 2.26. The van der Waals surface area contributed by atoms with Gasteiger partial charge in [0.15, 0.2) is 0 Å². The molecule has 1 saturated carbocycles. The summed E-state index contributed by atoms with van der Waals surface area (Å²) in [6.07, 6.45) is 4.24. The lowest BCUT2D eigenvalue weighted by molar-refractivity contribution is 0.0747. The summed E-state index contributed by atoms with van der Waals surface area (Å²) >= 11 is 0. The smallest absolute Gasteiger partial charge is 0.204 e. The first-order valence-corrected chi connectivity index (χ1v) is 8.86. The van der Waals surface area contributed by atoms with E-state index < -0.39 is 11.2 Å². The van der Waals surface area contributed by atoms with Crippen LogP contribution in [0.15, 0.2) is 18.2 Å². The predicted molar refractivity (Wildman–Crippen MR) is 97.3 cm³/mol. The van der Waals surface area contributed by atoms with Gasteiger partial charge in [-0.15, -0.1) is 0 Å². The summed E-state index contributed by atoms with van der Waals surface area (Å²) in [5.74, 6) is 0.867. The van der Waals surface area contributed by atoms with Crippen molar-refractivity contribution in [3.05, 3.63) is 23.8 Å². The van der Waals surface area contributed by atoms with Crippen LogP contribution in [0.5, 0.6) is 0 Å². The van der Waals surface area contributed by atoms with Gasteiger partial charge in [-0.1, -0.05) is 6.07 Å². The molecule has 0 amide bonds. The van der Waals surface area contributed by atoms with Crippen LogP contribution in [0, 0.1) is 0 Å². The van der Waals surface area contributed by atoms with Crippen molar-refractivity contribution in [1.29, 1.82) is 0 Å². The Hall–Kier alpha value is -1.59. The second kappa shape index (κ2) is 6.05. The van der Waals surface area contributed by atoms with Crippen LogP contribution in [-0.4, -0.2) is 31.9 Å². The van der Waals surface area contributed by atoms with Crippen molar-refractivity contribution in [2.24, 2.45) is 0 Å². The monoisotopic (exact) mass is 331 g/mol. The highest BCUT2D eigenvalue weighted by Crippen LogP contribution is 2.38. The molecule has 1 heterocycles. The van der Waals surface area contributed by atoms with Gasteiger partial charge in [-0.3, -0.25) is 0 Å². The topological polar surface area (TPSA) is 70.3 Å². The van der Waals surface area contributed by atoms with Crippen molar-refractivity contribution in [3.63, 3.8) is 0 Å². The largest absolute Gasteiger partial charge is 0.390 e. The van der Waals surface area contributed by atoms with Gasteiger partial charge in [0.25, 0.3) is 0 Å². The Balaban J connectivity index is 1.95. The molecular weight excluding hydrogens is 302 g/mol. The van der Waals surface area contributed by atoms with Gasteiger partial charge in [0.05, 0.1) is 22.2 Å². The van der Waals surface area contributed by atoms with Crippen LogP contribution in [0.4, 0.5) is 5.95 Å². The molecule has 1 aliphatic carbocycles. The van der Waals surface area contributed by atoms with Crippen molar-refractivity contribution in [3.8, 4) is 0 Å². The van der Waals surface area contributed by atoms with E-state index in [2.05, 4.69) is 16.0 Å². The number of aromatic nitrogens is 2. The lowest BCUT2D eigenvalue weighted by atomic mass is 9.92. The molecule has 0 atom stereocenters. The van der Waals surface area contributed by atoms with Crippen molar-refractivity contribution in [2.75, 3.05) is 11.9 Å². The molecule has 0 unspecified atom stereocenters. The van der Waals surface area contributed by atoms with Gasteiger partial charge in [-0.2, -0.15) is 0 Å². The molecule has 24 heavy (non-hydrogen) atoms. The third kappa shape index (κ3) is 3.57. The molecule has 5 heteroatoms. The first-order chi connectivity index (χ1) is 11.1. The van der Waals surface area contributed by atoms with Crippen LogP contribution < -0.4 is 5.32 Å². The van der Waals surface area contributed by atoms with Crippen LogP contribution in [0.2, 0.25) is 0 Å². The molecular formula is C19H29N3O2. The Labute approximate surface area is 143 Å². The molecule has 0 bridgehead atoms. The number of fused-ring (bicyclic) bond motifs is 1. The number of benzene rings is 1. The zero-order valence-electron chi connectivity index (χ0n) is 15.1. The Morgan fingerprint density at radius 1 is 1.21 bits per heavy atom. The Morgan fingerprint density at radius 3 is 2.46 bits per heavy atom. The van der Waals surface area contributed by atoms with Gasteiger partial charge in [-0.25, -0.2) is 4.98 Å². The van der Waals surface area contributed by atoms with Crippen LogP contribution in [0.1, 0.15) is 65.0 Å². The molecule has 0 aliphatic heterocycles. The quantitative estimate of drug-likeness (QED) is 0.757. The zero-order valence-corrected chi connectivity index (χ0v) is 15.1. The van der Waals surface area contributed by atoms with Crippen LogP contribution in [0.25, 0.3) is 11.0 Å². The number of rotatable bonds is 6. The third-order valence-corrected chi connectivity index (χ3v) is 4.86. The lowest BCUT2D eigenvalue weighted by Gasteiger charge is -2.29. The maximum atomic E-state index is 10.3. The highest BCUT2D eigenvalue weighted by atomic mass is 16.3. The van der Waals surface area contributed by atoms with E-state index in [0.717, 1.165) is 22.5 Å². The maximum Gasteiger partial charge on any atom is 0.204 e. The molecule has 0 saturated heterocycles. The van der Waals surface area contributed by atoms with Gasteiger partial charge in [0.1, 0.15) is 0 Å². The second-order valence-corrected chi connectivity index (χ2v) is 8.14. The van der Waals surface area contributed by atoms with Gasteiger partial charge in [0, 0.05) is 12.6 Å². The van der Waals surface area contributed by atoms with E-state index in [1.54, 1.807) is 13.8 Å². The standard InChI is InChI=1S/C19H29N3O2/c1-18(2,23)10-11-20-17-21-15-9-8-13(19(3,4)24)12-16(15)22(17)14-6-5-7-14/h8-9,12,14,23-24H,5-7,10-11H2,1-4H3,(H,20,21). The molecule has 1 aliphatic rings. The van der Waals surface area contributed by atoms with E-state index in [0.29, 0.717) is 19.0 Å². The SMILES string of the molecule is CC(C)(O)CCNc1nc2ccc(C(C)(C)O)cc2n1C1CCC1. The maximum absolute atomic E-state index is 10.3. The number of nitrogens with zero attached hydrogens (tertiary/aromatic N) is 2. The lowest BCUT2D eigenvalue weighted by Crippen LogP contribution is -2.25. The predicted octanol–water partition coefficient (Wildman–Crippen LogP) is 3.56. The molecule has 1 fully saturated rings. The number of imidazole rings is 1. The summed E-state index contributed by atoms with van der Waals surface area (Å²) in [6.45, 7) is 7.93. The van der Waals surface area contributed by atoms with Crippen molar-refractivity contribution in [1.82, 2.24) is 9.55 Å². The minimum atomic E-state index is -0.864. The molecule has 3 N–H and O–H groups in total. The van der Waals surface area contributed by atoms with E-state index in [4.69, 9.17) is 4.98 Å². The molecule has 1 aromatic heterocycles. The summed E-state index contributed by atoms with van der Waals surface area (Å²) in [4.78, 5) is 4.75. The fraction of sp³-hybridized carbons (Fsp3) is 0.632. The summed E-state index contributed by atoms with van der Waals surface area (Å²) in [7, 11) is 0. The minimum Gasteiger partial charge on any atom is -0.390 e. The summed E-state index contributed by atoms with van der Waals surface area (Å²) < 4.78 is 2.28. The van der Waals surface area contributed by atoms with Crippen LogP contribution in [0.3, 0.4) is 0 Å². The normalized spacial score (nSPS) is 16.4. The molecule has 0 spiro atoms. The number of hydrogen-bond acceptors (Lipinski definition) is 4. The van der Waals surface area contributed by atoms with Crippen molar-refractivity contribution >= 4 is 17.0 Å². The molecule has 5 nitrogen and oxygen atoms in total.